The molecule has 0 unspecified atom stereocenters. The summed E-state index contributed by atoms with van der Waals surface area (Å²) in [6, 6.07) is 15.1. The van der Waals surface area contributed by atoms with E-state index in [-0.39, 0.29) is 5.91 Å². The highest BCUT2D eigenvalue weighted by atomic mass is 127. The van der Waals surface area contributed by atoms with Gasteiger partial charge < -0.3 is 10.1 Å². The van der Waals surface area contributed by atoms with Gasteiger partial charge in [0, 0.05) is 9.26 Å². The number of anilines is 1. The van der Waals surface area contributed by atoms with Crippen LogP contribution in [0.2, 0.25) is 0 Å². The fraction of sp³-hybridized carbons (Fsp3) is 0.316. The molecular formula is C19H22INO2. The van der Waals surface area contributed by atoms with Crippen molar-refractivity contribution in [3.05, 3.63) is 57.7 Å². The number of rotatable bonds is 8. The highest BCUT2D eigenvalue weighted by molar-refractivity contribution is 14.1. The van der Waals surface area contributed by atoms with E-state index >= 15 is 0 Å². The van der Waals surface area contributed by atoms with Crippen LogP contribution >= 0.6 is 22.6 Å². The van der Waals surface area contributed by atoms with Gasteiger partial charge in [-0.05, 0) is 65.4 Å². The zero-order chi connectivity index (χ0) is 16.5. The average Bonchev–Trinajstić information content (AvgIpc) is 2.57. The third-order valence-electron chi connectivity index (χ3n) is 3.49. The Kier molecular flexibility index (Phi) is 7.39. The minimum absolute atomic E-state index is 0.143. The Morgan fingerprint density at radius 3 is 2.52 bits per heavy atom. The summed E-state index contributed by atoms with van der Waals surface area (Å²) in [6.45, 7) is 2.83. The molecule has 0 fully saturated rings. The summed E-state index contributed by atoms with van der Waals surface area (Å²) in [7, 11) is 0. The third-order valence-corrected chi connectivity index (χ3v) is 4.21. The molecule has 0 aromatic heterocycles. The summed E-state index contributed by atoms with van der Waals surface area (Å²) in [5, 5.41) is 2.91. The van der Waals surface area contributed by atoms with Crippen LogP contribution in [0, 0.1) is 3.57 Å². The van der Waals surface area contributed by atoms with Crippen LogP contribution in [0.1, 0.15) is 43.0 Å². The number of amides is 1. The lowest BCUT2D eigenvalue weighted by atomic mass is 10.1. The molecule has 23 heavy (non-hydrogen) atoms. The SMILES string of the molecule is CCCCCCOc1ccccc1C(=O)Nc1ccc(I)cc1. The molecule has 0 aliphatic rings. The minimum Gasteiger partial charge on any atom is -0.493 e. The van der Waals surface area contributed by atoms with Crippen molar-refractivity contribution in [3.63, 3.8) is 0 Å². The Labute approximate surface area is 151 Å². The van der Waals surface area contributed by atoms with Gasteiger partial charge in [0.1, 0.15) is 5.75 Å². The lowest BCUT2D eigenvalue weighted by molar-refractivity contribution is 0.102. The lowest BCUT2D eigenvalue weighted by Crippen LogP contribution is -2.14. The van der Waals surface area contributed by atoms with Crippen molar-refractivity contribution in [1.29, 1.82) is 0 Å². The number of halogens is 1. The van der Waals surface area contributed by atoms with E-state index in [4.69, 9.17) is 4.74 Å². The Morgan fingerprint density at radius 1 is 1.04 bits per heavy atom. The monoisotopic (exact) mass is 423 g/mol. The van der Waals surface area contributed by atoms with Crippen molar-refractivity contribution in [1.82, 2.24) is 0 Å². The lowest BCUT2D eigenvalue weighted by Gasteiger charge is -2.11. The van der Waals surface area contributed by atoms with E-state index in [1.165, 1.54) is 12.8 Å². The fourth-order valence-electron chi connectivity index (χ4n) is 2.22. The zero-order valence-corrected chi connectivity index (χ0v) is 15.5. The van der Waals surface area contributed by atoms with Crippen molar-refractivity contribution >= 4 is 34.2 Å². The molecular weight excluding hydrogens is 401 g/mol. The number of hydrogen-bond acceptors (Lipinski definition) is 2. The molecule has 0 bridgehead atoms. The first-order chi connectivity index (χ1) is 11.2. The van der Waals surface area contributed by atoms with Crippen LogP contribution in [0.25, 0.3) is 0 Å². The zero-order valence-electron chi connectivity index (χ0n) is 13.3. The van der Waals surface area contributed by atoms with Crippen LogP contribution in [0.5, 0.6) is 5.75 Å². The van der Waals surface area contributed by atoms with Crippen molar-refractivity contribution in [3.8, 4) is 5.75 Å². The van der Waals surface area contributed by atoms with Gasteiger partial charge in [0.25, 0.3) is 5.91 Å². The number of nitrogens with one attached hydrogen (secondary N) is 1. The van der Waals surface area contributed by atoms with Gasteiger partial charge in [-0.25, -0.2) is 0 Å². The highest BCUT2D eigenvalue weighted by Gasteiger charge is 2.12. The van der Waals surface area contributed by atoms with E-state index in [1.54, 1.807) is 6.07 Å². The number of unbranched alkanes of at least 4 members (excludes halogenated alkanes) is 3. The van der Waals surface area contributed by atoms with Crippen molar-refractivity contribution in [2.24, 2.45) is 0 Å². The van der Waals surface area contributed by atoms with Gasteiger partial charge in [0.15, 0.2) is 0 Å². The molecule has 0 saturated heterocycles. The molecule has 3 nitrogen and oxygen atoms in total. The number of para-hydroxylation sites is 1. The first-order valence-electron chi connectivity index (χ1n) is 7.99. The molecule has 2 rings (SSSR count). The predicted octanol–water partition coefficient (Wildman–Crippen LogP) is 5.50. The van der Waals surface area contributed by atoms with E-state index in [1.807, 2.05) is 42.5 Å². The first-order valence-corrected chi connectivity index (χ1v) is 9.07. The van der Waals surface area contributed by atoms with Gasteiger partial charge in [-0.2, -0.15) is 0 Å². The standard InChI is InChI=1S/C19H22INO2/c1-2-3-4-7-14-23-18-9-6-5-8-17(18)19(22)21-16-12-10-15(20)11-13-16/h5-6,8-13H,2-4,7,14H2,1H3,(H,21,22). The van der Waals surface area contributed by atoms with Gasteiger partial charge in [-0.1, -0.05) is 38.3 Å². The Balaban J connectivity index is 1.98. The van der Waals surface area contributed by atoms with Crippen LogP contribution in [-0.2, 0) is 0 Å². The third kappa shape index (κ3) is 5.86. The van der Waals surface area contributed by atoms with Crippen LogP contribution in [0.15, 0.2) is 48.5 Å². The second-order valence-electron chi connectivity index (χ2n) is 5.37. The van der Waals surface area contributed by atoms with Gasteiger partial charge in [-0.15, -0.1) is 0 Å². The molecule has 0 atom stereocenters. The van der Waals surface area contributed by atoms with Gasteiger partial charge >= 0.3 is 0 Å². The minimum atomic E-state index is -0.143. The normalized spacial score (nSPS) is 10.3. The number of benzene rings is 2. The molecule has 1 N–H and O–H groups in total. The fourth-order valence-corrected chi connectivity index (χ4v) is 2.58. The molecule has 122 valence electrons. The van der Waals surface area contributed by atoms with Crippen LogP contribution in [-0.4, -0.2) is 12.5 Å². The summed E-state index contributed by atoms with van der Waals surface area (Å²) in [5.74, 6) is 0.502. The molecule has 2 aromatic rings. The van der Waals surface area contributed by atoms with Gasteiger partial charge in [0.05, 0.1) is 12.2 Å². The molecule has 0 aliphatic carbocycles. The maximum atomic E-state index is 12.5. The van der Waals surface area contributed by atoms with E-state index in [9.17, 15) is 4.79 Å². The van der Waals surface area contributed by atoms with E-state index in [0.29, 0.717) is 17.9 Å². The van der Waals surface area contributed by atoms with E-state index < -0.39 is 0 Å². The average molecular weight is 423 g/mol. The number of carbonyl (C=O) groups excluding carboxylic acids is 1. The molecule has 4 heteroatoms. The molecule has 0 spiro atoms. The quantitative estimate of drug-likeness (QED) is 0.450. The summed E-state index contributed by atoms with van der Waals surface area (Å²) >= 11 is 2.24. The number of ether oxygens (including phenoxy) is 1. The summed E-state index contributed by atoms with van der Waals surface area (Å²) in [4.78, 5) is 12.5. The topological polar surface area (TPSA) is 38.3 Å². The Morgan fingerprint density at radius 2 is 1.78 bits per heavy atom. The Bertz CT molecular complexity index is 626. The highest BCUT2D eigenvalue weighted by Crippen LogP contribution is 2.20. The summed E-state index contributed by atoms with van der Waals surface area (Å²) in [6.07, 6.45) is 4.60. The number of hydrogen-bond donors (Lipinski definition) is 1. The molecule has 2 aromatic carbocycles. The van der Waals surface area contributed by atoms with Crippen LogP contribution < -0.4 is 10.1 Å². The van der Waals surface area contributed by atoms with Crippen molar-refractivity contribution < 1.29 is 9.53 Å². The second-order valence-corrected chi connectivity index (χ2v) is 6.61. The van der Waals surface area contributed by atoms with Crippen LogP contribution in [0.3, 0.4) is 0 Å². The molecule has 0 radical (unpaired) electrons. The van der Waals surface area contributed by atoms with Crippen LogP contribution in [0.4, 0.5) is 5.69 Å². The maximum Gasteiger partial charge on any atom is 0.259 e. The first kappa shape index (κ1) is 17.8. The van der Waals surface area contributed by atoms with E-state index in [0.717, 1.165) is 22.1 Å². The maximum absolute atomic E-state index is 12.5. The molecule has 0 saturated carbocycles. The largest absolute Gasteiger partial charge is 0.493 e. The van der Waals surface area contributed by atoms with Crippen molar-refractivity contribution in [2.45, 2.75) is 32.6 Å². The van der Waals surface area contributed by atoms with E-state index in [2.05, 4.69) is 34.8 Å². The van der Waals surface area contributed by atoms with Gasteiger partial charge in [-0.3, -0.25) is 4.79 Å². The second kappa shape index (κ2) is 9.55. The summed E-state index contributed by atoms with van der Waals surface area (Å²) in [5.41, 5.74) is 1.36. The van der Waals surface area contributed by atoms with Crippen molar-refractivity contribution in [2.75, 3.05) is 11.9 Å². The molecule has 0 heterocycles. The molecule has 0 aliphatic heterocycles. The number of carbonyl (C=O) groups is 1. The van der Waals surface area contributed by atoms with Gasteiger partial charge in [0.2, 0.25) is 0 Å². The predicted molar refractivity (Wildman–Crippen MR) is 103 cm³/mol. The Hall–Kier alpha value is -1.56. The molecule has 1 amide bonds. The summed E-state index contributed by atoms with van der Waals surface area (Å²) < 4.78 is 6.94. The smallest absolute Gasteiger partial charge is 0.259 e.